The molecule has 3 aliphatic heterocycles. The highest BCUT2D eigenvalue weighted by molar-refractivity contribution is 7.51. The van der Waals surface area contributed by atoms with Crippen LogP contribution in [0, 0.1) is 12.8 Å². The van der Waals surface area contributed by atoms with E-state index >= 15 is 0 Å². The van der Waals surface area contributed by atoms with Gasteiger partial charge in [-0.1, -0.05) is 47.1 Å². The molecule has 5 nitrogen and oxygen atoms in total. The standard InChI is InChI=1S/C25H34N3O2P/c1-5-17(2)16-30-22-12-20(7-6-18(22)3)23-13-24(29)28-15-21(8-9-25(28)31-23)27-11-10-26-19(4)14-27/h6-9,12-13,15,17,19,25-26,31H,5,10-11,14,16H2,1-4H3/t17?,19-,25?/m1/s1. The lowest BCUT2D eigenvalue weighted by Gasteiger charge is -2.39. The van der Waals surface area contributed by atoms with Crippen LogP contribution in [0.15, 0.2) is 48.3 Å². The van der Waals surface area contributed by atoms with Crippen LogP contribution in [0.25, 0.3) is 5.31 Å². The molecule has 0 aromatic heterocycles. The first-order valence-corrected chi connectivity index (χ1v) is 12.4. The molecule has 0 radical (unpaired) electrons. The number of carbonyl (C=O) groups is 1. The van der Waals surface area contributed by atoms with E-state index in [0.717, 1.165) is 60.5 Å². The van der Waals surface area contributed by atoms with E-state index < -0.39 is 0 Å². The lowest BCUT2D eigenvalue weighted by atomic mass is 10.1. The number of hydrogen-bond acceptors (Lipinski definition) is 4. The average molecular weight is 440 g/mol. The molecule has 1 aromatic rings. The van der Waals surface area contributed by atoms with Gasteiger partial charge in [-0.25, -0.2) is 0 Å². The van der Waals surface area contributed by atoms with Crippen LogP contribution in [-0.4, -0.2) is 53.8 Å². The predicted octanol–water partition coefficient (Wildman–Crippen LogP) is 4.31. The molecule has 3 unspecified atom stereocenters. The lowest BCUT2D eigenvalue weighted by molar-refractivity contribution is -0.123. The highest BCUT2D eigenvalue weighted by Gasteiger charge is 2.30. The van der Waals surface area contributed by atoms with Crippen molar-refractivity contribution in [3.8, 4) is 5.75 Å². The van der Waals surface area contributed by atoms with Crippen molar-refractivity contribution in [2.24, 2.45) is 5.92 Å². The third-order valence-electron chi connectivity index (χ3n) is 6.30. The molecule has 1 fully saturated rings. The number of amides is 1. The Morgan fingerprint density at radius 3 is 2.97 bits per heavy atom. The molecule has 0 saturated carbocycles. The molecule has 31 heavy (non-hydrogen) atoms. The molecule has 0 spiro atoms. The summed E-state index contributed by atoms with van der Waals surface area (Å²) in [5.41, 5.74) is 3.36. The molecule has 4 atom stereocenters. The summed E-state index contributed by atoms with van der Waals surface area (Å²) in [5.74, 6) is 1.61. The molecule has 1 N–H and O–H groups in total. The maximum atomic E-state index is 13.0. The van der Waals surface area contributed by atoms with Crippen molar-refractivity contribution in [3.05, 3.63) is 59.5 Å². The minimum atomic E-state index is 0.0615. The van der Waals surface area contributed by atoms with Gasteiger partial charge in [0.1, 0.15) is 5.75 Å². The SMILES string of the molecule is CCC(C)COc1cc(C2=CC(=O)N3C=C(N4CCN[C@H](C)C4)C=CC3P2)ccc1C. The number of piperazine rings is 1. The summed E-state index contributed by atoms with van der Waals surface area (Å²) in [7, 11) is 0.519. The summed E-state index contributed by atoms with van der Waals surface area (Å²) < 4.78 is 6.09. The van der Waals surface area contributed by atoms with Gasteiger partial charge in [0.15, 0.2) is 0 Å². The molecule has 3 heterocycles. The van der Waals surface area contributed by atoms with Gasteiger partial charge in [0.05, 0.1) is 18.1 Å². The maximum Gasteiger partial charge on any atom is 0.252 e. The van der Waals surface area contributed by atoms with Gasteiger partial charge < -0.3 is 19.9 Å². The Balaban J connectivity index is 1.51. The van der Waals surface area contributed by atoms with Gasteiger partial charge in [-0.3, -0.25) is 4.79 Å². The molecular weight excluding hydrogens is 405 g/mol. The molecule has 1 saturated heterocycles. The zero-order valence-corrected chi connectivity index (χ0v) is 20.0. The first-order valence-electron chi connectivity index (χ1n) is 11.4. The van der Waals surface area contributed by atoms with Gasteiger partial charge in [-0.05, 0) is 48.3 Å². The second-order valence-electron chi connectivity index (χ2n) is 8.91. The fourth-order valence-electron chi connectivity index (χ4n) is 4.06. The van der Waals surface area contributed by atoms with Crippen molar-refractivity contribution in [1.82, 2.24) is 15.1 Å². The molecule has 3 aliphatic rings. The topological polar surface area (TPSA) is 44.8 Å². The van der Waals surface area contributed by atoms with E-state index in [-0.39, 0.29) is 11.7 Å². The number of nitrogens with one attached hydrogen (secondary N) is 1. The largest absolute Gasteiger partial charge is 0.493 e. The zero-order valence-electron chi connectivity index (χ0n) is 19.0. The quantitative estimate of drug-likeness (QED) is 0.671. The van der Waals surface area contributed by atoms with Crippen LogP contribution in [0.2, 0.25) is 0 Å². The molecule has 0 bridgehead atoms. The van der Waals surface area contributed by atoms with Crippen molar-refractivity contribution < 1.29 is 9.53 Å². The van der Waals surface area contributed by atoms with E-state index in [4.69, 9.17) is 4.74 Å². The lowest BCUT2D eigenvalue weighted by Crippen LogP contribution is -2.49. The van der Waals surface area contributed by atoms with Gasteiger partial charge >= 0.3 is 0 Å². The van der Waals surface area contributed by atoms with Gasteiger partial charge in [-0.2, -0.15) is 0 Å². The number of allylic oxidation sites excluding steroid dienone is 1. The van der Waals surface area contributed by atoms with E-state index in [2.05, 4.69) is 68.3 Å². The summed E-state index contributed by atoms with van der Waals surface area (Å²) in [6, 6.07) is 6.78. The molecule has 166 valence electrons. The highest BCUT2D eigenvalue weighted by atomic mass is 31.1. The van der Waals surface area contributed by atoms with Crippen LogP contribution >= 0.6 is 8.58 Å². The number of rotatable bonds is 6. The van der Waals surface area contributed by atoms with Crippen LogP contribution in [-0.2, 0) is 4.79 Å². The summed E-state index contributed by atoms with van der Waals surface area (Å²) in [5, 5.41) is 4.58. The Labute approximate surface area is 188 Å². The second kappa shape index (κ2) is 9.58. The predicted molar refractivity (Wildman–Crippen MR) is 129 cm³/mol. The van der Waals surface area contributed by atoms with Gasteiger partial charge in [0.2, 0.25) is 0 Å². The maximum absolute atomic E-state index is 13.0. The Morgan fingerprint density at radius 2 is 2.19 bits per heavy atom. The summed E-state index contributed by atoms with van der Waals surface area (Å²) in [6.07, 6.45) is 9.34. The van der Waals surface area contributed by atoms with E-state index in [9.17, 15) is 4.79 Å². The number of nitrogens with zero attached hydrogens (tertiary/aromatic N) is 2. The molecule has 0 aliphatic carbocycles. The molecule has 1 aromatic carbocycles. The van der Waals surface area contributed by atoms with Crippen molar-refractivity contribution in [1.29, 1.82) is 0 Å². The number of fused-ring (bicyclic) bond motifs is 1. The molecule has 4 rings (SSSR count). The van der Waals surface area contributed by atoms with Crippen molar-refractivity contribution in [2.45, 2.75) is 45.9 Å². The summed E-state index contributed by atoms with van der Waals surface area (Å²) >= 11 is 0. The third-order valence-corrected chi connectivity index (χ3v) is 7.81. The molecule has 1 amide bonds. The Morgan fingerprint density at radius 1 is 1.35 bits per heavy atom. The number of aryl methyl sites for hydroxylation is 1. The number of hydrogen-bond donors (Lipinski definition) is 1. The Bertz CT molecular complexity index is 923. The monoisotopic (exact) mass is 439 g/mol. The van der Waals surface area contributed by atoms with E-state index in [1.807, 2.05) is 17.2 Å². The number of ether oxygens (including phenoxy) is 1. The van der Waals surface area contributed by atoms with Crippen LogP contribution < -0.4 is 10.1 Å². The summed E-state index contributed by atoms with van der Waals surface area (Å²) in [4.78, 5) is 17.3. The van der Waals surface area contributed by atoms with E-state index in [1.54, 1.807) is 0 Å². The zero-order chi connectivity index (χ0) is 22.0. The smallest absolute Gasteiger partial charge is 0.252 e. The highest BCUT2D eigenvalue weighted by Crippen LogP contribution is 2.45. The third kappa shape index (κ3) is 5.05. The van der Waals surface area contributed by atoms with Crippen molar-refractivity contribution in [2.75, 3.05) is 26.2 Å². The van der Waals surface area contributed by atoms with E-state index in [1.165, 1.54) is 0 Å². The van der Waals surface area contributed by atoms with Crippen molar-refractivity contribution in [3.63, 3.8) is 0 Å². The Hall–Kier alpha value is -2.10. The minimum absolute atomic E-state index is 0.0615. The van der Waals surface area contributed by atoms with Gasteiger partial charge in [0.25, 0.3) is 5.91 Å². The fourth-order valence-corrected chi connectivity index (χ4v) is 5.44. The molecule has 6 heteroatoms. The summed E-state index contributed by atoms with van der Waals surface area (Å²) in [6.45, 7) is 12.3. The number of benzene rings is 1. The minimum Gasteiger partial charge on any atom is -0.493 e. The van der Waals surface area contributed by atoms with E-state index in [0.29, 0.717) is 20.5 Å². The second-order valence-corrected chi connectivity index (χ2v) is 10.3. The first-order chi connectivity index (χ1) is 14.9. The first kappa shape index (κ1) is 22.1. The van der Waals surface area contributed by atoms with Gasteiger partial charge in [-0.15, -0.1) is 0 Å². The average Bonchev–Trinajstić information content (AvgIpc) is 2.78. The fraction of sp³-hybridized carbons (Fsp3) is 0.480. The van der Waals surface area contributed by atoms with Crippen LogP contribution in [0.3, 0.4) is 0 Å². The van der Waals surface area contributed by atoms with Crippen LogP contribution in [0.5, 0.6) is 5.75 Å². The number of carbonyl (C=O) groups excluding carboxylic acids is 1. The van der Waals surface area contributed by atoms with Crippen LogP contribution in [0.4, 0.5) is 0 Å². The Kier molecular flexibility index (Phi) is 6.83. The van der Waals surface area contributed by atoms with Crippen molar-refractivity contribution >= 4 is 19.8 Å². The molecular formula is C25H34N3O2P. The van der Waals surface area contributed by atoms with Crippen LogP contribution in [0.1, 0.15) is 38.3 Å². The normalized spacial score (nSPS) is 25.2. The van der Waals surface area contributed by atoms with Gasteiger partial charge in [0, 0.05) is 38.0 Å².